The van der Waals surface area contributed by atoms with Gasteiger partial charge in [0, 0.05) is 39.7 Å². The summed E-state index contributed by atoms with van der Waals surface area (Å²) in [7, 11) is 0. The molecule has 3 aromatic rings. The van der Waals surface area contributed by atoms with Gasteiger partial charge in [0.15, 0.2) is 0 Å². The molecule has 0 aliphatic carbocycles. The molecular formula is C16H13ClFN3. The van der Waals surface area contributed by atoms with Crippen molar-refractivity contribution in [3.05, 3.63) is 59.1 Å². The third kappa shape index (κ3) is 2.62. The molecule has 3 rings (SSSR count). The summed E-state index contributed by atoms with van der Waals surface area (Å²) in [6.45, 7) is 1.91. The van der Waals surface area contributed by atoms with Crippen LogP contribution < -0.4 is 11.1 Å². The largest absolute Gasteiger partial charge is 0.398 e. The van der Waals surface area contributed by atoms with E-state index in [4.69, 9.17) is 17.3 Å². The Bertz CT molecular complexity index is 833. The summed E-state index contributed by atoms with van der Waals surface area (Å²) in [5, 5.41) is 5.09. The SMILES string of the molecule is Cc1cc2c(Nc3ccc(Cl)c(F)c3)ccc(N)c2cn1. The first kappa shape index (κ1) is 13.6. The van der Waals surface area contributed by atoms with E-state index in [1.165, 1.54) is 12.1 Å². The van der Waals surface area contributed by atoms with Crippen LogP contribution in [0.2, 0.25) is 5.02 Å². The van der Waals surface area contributed by atoms with Crippen LogP contribution in [0.25, 0.3) is 10.8 Å². The Hall–Kier alpha value is -2.33. The molecule has 0 aliphatic rings. The second kappa shape index (κ2) is 5.22. The van der Waals surface area contributed by atoms with Crippen molar-refractivity contribution in [1.82, 2.24) is 4.98 Å². The van der Waals surface area contributed by atoms with Gasteiger partial charge in [-0.2, -0.15) is 0 Å². The van der Waals surface area contributed by atoms with Crippen LogP contribution in [0.3, 0.4) is 0 Å². The van der Waals surface area contributed by atoms with Crippen LogP contribution in [0.4, 0.5) is 21.5 Å². The van der Waals surface area contributed by atoms with Crippen molar-refractivity contribution in [3.8, 4) is 0 Å². The number of pyridine rings is 1. The van der Waals surface area contributed by atoms with Gasteiger partial charge in [-0.15, -0.1) is 0 Å². The summed E-state index contributed by atoms with van der Waals surface area (Å²) in [6, 6.07) is 10.2. The van der Waals surface area contributed by atoms with Gasteiger partial charge >= 0.3 is 0 Å². The predicted octanol–water partition coefficient (Wildman–Crippen LogP) is 4.66. The maximum absolute atomic E-state index is 13.5. The lowest BCUT2D eigenvalue weighted by Crippen LogP contribution is -1.96. The summed E-state index contributed by atoms with van der Waals surface area (Å²) in [5.74, 6) is -0.459. The third-order valence-corrected chi connectivity index (χ3v) is 3.58. The maximum Gasteiger partial charge on any atom is 0.143 e. The molecule has 5 heteroatoms. The minimum atomic E-state index is -0.459. The Morgan fingerprint density at radius 1 is 1.14 bits per heavy atom. The van der Waals surface area contributed by atoms with Gasteiger partial charge in [-0.05, 0) is 43.3 Å². The first-order valence-electron chi connectivity index (χ1n) is 6.41. The van der Waals surface area contributed by atoms with Crippen LogP contribution in [0.1, 0.15) is 5.69 Å². The number of hydrogen-bond donors (Lipinski definition) is 2. The molecule has 2 aromatic carbocycles. The zero-order chi connectivity index (χ0) is 15.0. The van der Waals surface area contributed by atoms with Crippen LogP contribution >= 0.6 is 11.6 Å². The molecule has 3 nitrogen and oxygen atoms in total. The van der Waals surface area contributed by atoms with Crippen molar-refractivity contribution in [3.63, 3.8) is 0 Å². The molecule has 1 aromatic heterocycles. The van der Waals surface area contributed by atoms with Crippen molar-refractivity contribution in [2.75, 3.05) is 11.1 Å². The average Bonchev–Trinajstić information content (AvgIpc) is 2.46. The van der Waals surface area contributed by atoms with Gasteiger partial charge in [0.25, 0.3) is 0 Å². The number of aromatic nitrogens is 1. The zero-order valence-electron chi connectivity index (χ0n) is 11.3. The highest BCUT2D eigenvalue weighted by Crippen LogP contribution is 2.31. The highest BCUT2D eigenvalue weighted by Gasteiger charge is 2.07. The van der Waals surface area contributed by atoms with E-state index in [-0.39, 0.29) is 5.02 Å². The minimum absolute atomic E-state index is 0.0998. The number of fused-ring (bicyclic) bond motifs is 1. The number of nitrogen functional groups attached to an aromatic ring is 1. The van der Waals surface area contributed by atoms with Gasteiger partial charge in [-0.25, -0.2) is 4.39 Å². The molecule has 0 aliphatic heterocycles. The topological polar surface area (TPSA) is 50.9 Å². The average molecular weight is 302 g/mol. The molecular weight excluding hydrogens is 289 g/mol. The van der Waals surface area contributed by atoms with Crippen LogP contribution in [-0.4, -0.2) is 4.98 Å². The number of rotatable bonds is 2. The number of halogens is 2. The first-order chi connectivity index (χ1) is 10.0. The molecule has 21 heavy (non-hydrogen) atoms. The molecule has 106 valence electrons. The fourth-order valence-corrected chi connectivity index (χ4v) is 2.32. The highest BCUT2D eigenvalue weighted by molar-refractivity contribution is 6.30. The molecule has 0 saturated carbocycles. The van der Waals surface area contributed by atoms with E-state index in [1.807, 2.05) is 19.1 Å². The monoisotopic (exact) mass is 301 g/mol. The van der Waals surface area contributed by atoms with Crippen LogP contribution in [0.15, 0.2) is 42.6 Å². The van der Waals surface area contributed by atoms with E-state index in [1.54, 1.807) is 18.3 Å². The number of nitrogens with zero attached hydrogens (tertiary/aromatic N) is 1. The molecule has 0 unspecified atom stereocenters. The fourth-order valence-electron chi connectivity index (χ4n) is 2.20. The number of hydrogen-bond acceptors (Lipinski definition) is 3. The Balaban J connectivity index is 2.10. The van der Waals surface area contributed by atoms with E-state index in [2.05, 4.69) is 10.3 Å². The standard InChI is InChI=1S/C16H13ClFN3/c1-9-6-11-12(8-20-9)15(19)4-5-16(11)21-10-2-3-13(17)14(18)7-10/h2-8,21H,19H2,1H3. The molecule has 0 atom stereocenters. The molecule has 0 radical (unpaired) electrons. The summed E-state index contributed by atoms with van der Waals surface area (Å²) >= 11 is 5.69. The summed E-state index contributed by atoms with van der Waals surface area (Å²) < 4.78 is 13.5. The number of nitrogens with one attached hydrogen (secondary N) is 1. The number of nitrogens with two attached hydrogens (primary N) is 1. The lowest BCUT2D eigenvalue weighted by atomic mass is 10.1. The van der Waals surface area contributed by atoms with Gasteiger partial charge in [-0.3, -0.25) is 4.98 Å². The second-order valence-corrected chi connectivity index (χ2v) is 5.23. The number of anilines is 3. The maximum atomic E-state index is 13.5. The van der Waals surface area contributed by atoms with E-state index >= 15 is 0 Å². The van der Waals surface area contributed by atoms with Crippen LogP contribution in [0, 0.1) is 12.7 Å². The van der Waals surface area contributed by atoms with Crippen molar-refractivity contribution in [1.29, 1.82) is 0 Å². The normalized spacial score (nSPS) is 10.8. The molecule has 0 saturated heterocycles. The Kier molecular flexibility index (Phi) is 3.39. The van der Waals surface area contributed by atoms with Crippen molar-refractivity contribution < 1.29 is 4.39 Å². The smallest absolute Gasteiger partial charge is 0.143 e. The predicted molar refractivity (Wildman–Crippen MR) is 85.6 cm³/mol. The fraction of sp³-hybridized carbons (Fsp3) is 0.0625. The van der Waals surface area contributed by atoms with E-state index in [0.717, 1.165) is 22.2 Å². The van der Waals surface area contributed by atoms with Gasteiger partial charge < -0.3 is 11.1 Å². The van der Waals surface area contributed by atoms with Gasteiger partial charge in [-0.1, -0.05) is 11.6 Å². The quantitative estimate of drug-likeness (QED) is 0.677. The lowest BCUT2D eigenvalue weighted by Gasteiger charge is -2.12. The van der Waals surface area contributed by atoms with E-state index in [0.29, 0.717) is 11.4 Å². The van der Waals surface area contributed by atoms with Crippen molar-refractivity contribution >= 4 is 39.4 Å². The summed E-state index contributed by atoms with van der Waals surface area (Å²) in [6.07, 6.45) is 1.74. The van der Waals surface area contributed by atoms with Gasteiger partial charge in [0.1, 0.15) is 5.82 Å². The Labute approximate surface area is 126 Å². The van der Waals surface area contributed by atoms with Crippen molar-refractivity contribution in [2.45, 2.75) is 6.92 Å². The summed E-state index contributed by atoms with van der Waals surface area (Å²) in [5.41, 5.74) is 8.97. The molecule has 0 fully saturated rings. The number of aryl methyl sites for hydroxylation is 1. The lowest BCUT2D eigenvalue weighted by molar-refractivity contribution is 0.629. The minimum Gasteiger partial charge on any atom is -0.398 e. The van der Waals surface area contributed by atoms with Crippen LogP contribution in [-0.2, 0) is 0 Å². The van der Waals surface area contributed by atoms with E-state index < -0.39 is 5.82 Å². The van der Waals surface area contributed by atoms with E-state index in [9.17, 15) is 4.39 Å². The molecule has 1 heterocycles. The molecule has 0 bridgehead atoms. The zero-order valence-corrected chi connectivity index (χ0v) is 12.1. The molecule has 0 spiro atoms. The highest BCUT2D eigenvalue weighted by atomic mass is 35.5. The third-order valence-electron chi connectivity index (χ3n) is 3.27. The van der Waals surface area contributed by atoms with Gasteiger partial charge in [0.2, 0.25) is 0 Å². The Morgan fingerprint density at radius 2 is 1.95 bits per heavy atom. The number of benzene rings is 2. The molecule has 3 N–H and O–H groups in total. The molecule has 0 amide bonds. The van der Waals surface area contributed by atoms with Gasteiger partial charge in [0.05, 0.1) is 5.02 Å². The second-order valence-electron chi connectivity index (χ2n) is 4.83. The summed E-state index contributed by atoms with van der Waals surface area (Å²) in [4.78, 5) is 4.26. The van der Waals surface area contributed by atoms with Crippen LogP contribution in [0.5, 0.6) is 0 Å². The Morgan fingerprint density at radius 3 is 2.71 bits per heavy atom. The first-order valence-corrected chi connectivity index (χ1v) is 6.79. The van der Waals surface area contributed by atoms with Crippen molar-refractivity contribution in [2.24, 2.45) is 0 Å².